The molecule has 0 aromatic heterocycles. The van der Waals surface area contributed by atoms with E-state index in [1.54, 1.807) is 52.0 Å². The molecule has 0 aliphatic carbocycles. The quantitative estimate of drug-likeness (QED) is 0.862. The third-order valence-electron chi connectivity index (χ3n) is 3.31. The van der Waals surface area contributed by atoms with E-state index in [-0.39, 0.29) is 6.61 Å². The predicted octanol–water partition coefficient (Wildman–Crippen LogP) is 2.13. The Morgan fingerprint density at radius 3 is 2.48 bits per heavy atom. The lowest BCUT2D eigenvalue weighted by atomic mass is 9.97. The van der Waals surface area contributed by atoms with Crippen molar-refractivity contribution in [1.82, 2.24) is 0 Å². The summed E-state index contributed by atoms with van der Waals surface area (Å²) in [6.07, 6.45) is -1.32. The minimum Gasteiger partial charge on any atom is -0.453 e. The van der Waals surface area contributed by atoms with Crippen LogP contribution in [0.4, 0.5) is 0 Å². The first kappa shape index (κ1) is 15.9. The molecule has 1 aromatic rings. The highest BCUT2D eigenvalue weighted by molar-refractivity contribution is 5.89. The van der Waals surface area contributed by atoms with Crippen molar-refractivity contribution in [2.45, 2.75) is 51.3 Å². The van der Waals surface area contributed by atoms with E-state index in [1.165, 1.54) is 0 Å². The van der Waals surface area contributed by atoms with E-state index in [4.69, 9.17) is 14.2 Å². The number of ether oxygens (including phenoxy) is 3. The fourth-order valence-corrected chi connectivity index (χ4v) is 2.30. The van der Waals surface area contributed by atoms with Crippen molar-refractivity contribution in [2.24, 2.45) is 0 Å². The zero-order chi connectivity index (χ0) is 15.7. The number of aliphatic hydroxyl groups is 1. The molecule has 1 heterocycles. The summed E-state index contributed by atoms with van der Waals surface area (Å²) in [7, 11) is 0. The average Bonchev–Trinajstić information content (AvgIpc) is 2.75. The number of carbonyl (C=O) groups is 1. The van der Waals surface area contributed by atoms with Crippen LogP contribution in [0.15, 0.2) is 30.3 Å². The molecule has 5 heteroatoms. The molecule has 0 unspecified atom stereocenters. The van der Waals surface area contributed by atoms with Crippen molar-refractivity contribution < 1.29 is 24.1 Å². The summed E-state index contributed by atoms with van der Waals surface area (Å²) in [6, 6.07) is 8.67. The third-order valence-corrected chi connectivity index (χ3v) is 3.31. The Bertz CT molecular complexity index is 489. The van der Waals surface area contributed by atoms with Crippen molar-refractivity contribution in [3.05, 3.63) is 35.9 Å². The number of carbonyl (C=O) groups excluding carboxylic acids is 1. The maximum absolute atomic E-state index is 12.2. The third kappa shape index (κ3) is 4.03. The highest BCUT2D eigenvalue weighted by atomic mass is 16.8. The minimum absolute atomic E-state index is 0.268. The Balaban J connectivity index is 2.13. The lowest BCUT2D eigenvalue weighted by molar-refractivity contribution is -0.172. The number of rotatable bonds is 4. The molecule has 0 bridgehead atoms. The first-order valence-corrected chi connectivity index (χ1v) is 6.99. The van der Waals surface area contributed by atoms with Crippen LogP contribution >= 0.6 is 0 Å². The lowest BCUT2D eigenvalue weighted by Crippen LogP contribution is -2.49. The van der Waals surface area contributed by atoms with Crippen LogP contribution in [0.2, 0.25) is 0 Å². The van der Waals surface area contributed by atoms with Crippen molar-refractivity contribution in [1.29, 1.82) is 0 Å². The molecule has 5 nitrogen and oxygen atoms in total. The molecule has 1 N–H and O–H groups in total. The Kier molecular flexibility index (Phi) is 4.37. The Hall–Kier alpha value is -1.43. The normalized spacial score (nSPS) is 22.8. The van der Waals surface area contributed by atoms with Gasteiger partial charge in [0, 0.05) is 0 Å². The van der Waals surface area contributed by atoms with Crippen LogP contribution in [0.3, 0.4) is 0 Å². The molecule has 2 atom stereocenters. The first-order valence-electron chi connectivity index (χ1n) is 6.99. The lowest BCUT2D eigenvalue weighted by Gasteiger charge is -2.32. The van der Waals surface area contributed by atoms with E-state index in [0.717, 1.165) is 0 Å². The van der Waals surface area contributed by atoms with Crippen LogP contribution in [0, 0.1) is 0 Å². The molecule has 0 amide bonds. The molecule has 1 saturated heterocycles. The van der Waals surface area contributed by atoms with Crippen LogP contribution < -0.4 is 0 Å². The molecule has 0 radical (unpaired) electrons. The van der Waals surface area contributed by atoms with Crippen LogP contribution in [-0.4, -0.2) is 41.3 Å². The fraction of sp³-hybridized carbons (Fsp3) is 0.562. The monoisotopic (exact) mass is 294 g/mol. The molecule has 0 spiro atoms. The van der Waals surface area contributed by atoms with Gasteiger partial charge in [0.05, 0.1) is 17.8 Å². The second kappa shape index (κ2) is 5.75. The van der Waals surface area contributed by atoms with Gasteiger partial charge >= 0.3 is 5.97 Å². The standard InChI is InChI=1S/C16H22O5/c1-15(2,18)13(12-10-19-16(3,4)21-12)20-14(17)11-8-6-5-7-9-11/h5-9,12-13,18H,10H2,1-4H3/t12-,13+/m0/s1. The summed E-state index contributed by atoms with van der Waals surface area (Å²) < 4.78 is 16.7. The summed E-state index contributed by atoms with van der Waals surface area (Å²) >= 11 is 0. The molecule has 2 rings (SSSR count). The summed E-state index contributed by atoms with van der Waals surface area (Å²) in [5.41, 5.74) is -0.802. The molecular formula is C16H22O5. The van der Waals surface area contributed by atoms with Crippen molar-refractivity contribution in [3.63, 3.8) is 0 Å². The molecule has 21 heavy (non-hydrogen) atoms. The first-order chi connectivity index (χ1) is 9.69. The molecule has 116 valence electrons. The molecule has 1 fully saturated rings. The van der Waals surface area contributed by atoms with Gasteiger partial charge in [0.2, 0.25) is 0 Å². The van der Waals surface area contributed by atoms with Gasteiger partial charge in [-0.05, 0) is 39.8 Å². The van der Waals surface area contributed by atoms with Crippen molar-refractivity contribution in [3.8, 4) is 0 Å². The Morgan fingerprint density at radius 2 is 2.00 bits per heavy atom. The van der Waals surface area contributed by atoms with Gasteiger partial charge in [-0.2, -0.15) is 0 Å². The summed E-state index contributed by atoms with van der Waals surface area (Å²) in [6.45, 7) is 7.01. The van der Waals surface area contributed by atoms with Crippen molar-refractivity contribution >= 4 is 5.97 Å². The molecule has 1 aromatic carbocycles. The maximum Gasteiger partial charge on any atom is 0.338 e. The minimum atomic E-state index is -1.24. The van der Waals surface area contributed by atoms with Gasteiger partial charge in [0.1, 0.15) is 6.10 Å². The van der Waals surface area contributed by atoms with Crippen LogP contribution in [0.25, 0.3) is 0 Å². The number of hydrogen-bond acceptors (Lipinski definition) is 5. The maximum atomic E-state index is 12.2. The van der Waals surface area contributed by atoms with E-state index in [9.17, 15) is 9.90 Å². The van der Waals surface area contributed by atoms with Gasteiger partial charge in [0.25, 0.3) is 0 Å². The highest BCUT2D eigenvalue weighted by Crippen LogP contribution is 2.30. The predicted molar refractivity (Wildman–Crippen MR) is 76.8 cm³/mol. The topological polar surface area (TPSA) is 65.0 Å². The molecule has 0 saturated carbocycles. The Labute approximate surface area is 124 Å². The van der Waals surface area contributed by atoms with Gasteiger partial charge < -0.3 is 19.3 Å². The Morgan fingerprint density at radius 1 is 1.38 bits per heavy atom. The van der Waals surface area contributed by atoms with Crippen LogP contribution in [-0.2, 0) is 14.2 Å². The van der Waals surface area contributed by atoms with Gasteiger partial charge in [0.15, 0.2) is 11.9 Å². The number of esters is 1. The SMILES string of the molecule is CC1(C)OC[C@@H]([C@@H](OC(=O)c2ccccc2)C(C)(C)O)O1. The van der Waals surface area contributed by atoms with E-state index >= 15 is 0 Å². The highest BCUT2D eigenvalue weighted by Gasteiger charge is 2.45. The zero-order valence-corrected chi connectivity index (χ0v) is 12.8. The second-order valence-corrected chi connectivity index (χ2v) is 6.21. The van der Waals surface area contributed by atoms with E-state index < -0.39 is 29.6 Å². The van der Waals surface area contributed by atoms with Crippen LogP contribution in [0.1, 0.15) is 38.1 Å². The second-order valence-electron chi connectivity index (χ2n) is 6.21. The smallest absolute Gasteiger partial charge is 0.338 e. The van der Waals surface area contributed by atoms with E-state index in [2.05, 4.69) is 0 Å². The van der Waals surface area contributed by atoms with Gasteiger partial charge in [-0.25, -0.2) is 4.79 Å². The zero-order valence-electron chi connectivity index (χ0n) is 12.8. The van der Waals surface area contributed by atoms with E-state index in [0.29, 0.717) is 5.56 Å². The number of hydrogen-bond donors (Lipinski definition) is 1. The van der Waals surface area contributed by atoms with E-state index in [1.807, 2.05) is 6.07 Å². The average molecular weight is 294 g/mol. The molecule has 1 aliphatic rings. The van der Waals surface area contributed by atoms with Crippen LogP contribution in [0.5, 0.6) is 0 Å². The van der Waals surface area contributed by atoms with Gasteiger partial charge in [-0.15, -0.1) is 0 Å². The van der Waals surface area contributed by atoms with Gasteiger partial charge in [-0.1, -0.05) is 18.2 Å². The molecule has 1 aliphatic heterocycles. The summed E-state index contributed by atoms with van der Waals surface area (Å²) in [5.74, 6) is -1.23. The largest absolute Gasteiger partial charge is 0.453 e. The fourth-order valence-electron chi connectivity index (χ4n) is 2.30. The van der Waals surface area contributed by atoms with Gasteiger partial charge in [-0.3, -0.25) is 0 Å². The van der Waals surface area contributed by atoms with Crippen molar-refractivity contribution in [2.75, 3.05) is 6.61 Å². The number of benzene rings is 1. The summed E-state index contributed by atoms with van der Waals surface area (Å²) in [5, 5.41) is 10.3. The summed E-state index contributed by atoms with van der Waals surface area (Å²) in [4.78, 5) is 12.2. The molecular weight excluding hydrogens is 272 g/mol.